The van der Waals surface area contributed by atoms with Crippen molar-refractivity contribution in [3.8, 4) is 11.4 Å². The first kappa shape index (κ1) is 8.18. The van der Waals surface area contributed by atoms with E-state index in [-0.39, 0.29) is 0 Å². The van der Waals surface area contributed by atoms with Crippen LogP contribution in [0, 0.1) is 0 Å². The van der Waals surface area contributed by atoms with Crippen LogP contribution >= 0.6 is 11.7 Å². The van der Waals surface area contributed by atoms with Crippen molar-refractivity contribution in [1.29, 1.82) is 0 Å². The molecule has 1 N–H and O–H groups in total. The van der Waals surface area contributed by atoms with Crippen molar-refractivity contribution in [2.24, 2.45) is 7.05 Å². The predicted octanol–water partition coefficient (Wildman–Crippen LogP) is 0.980. The molecule has 2 aromatic rings. The van der Waals surface area contributed by atoms with Crippen LogP contribution < -0.4 is 5.32 Å². The van der Waals surface area contributed by atoms with Gasteiger partial charge >= 0.3 is 0 Å². The van der Waals surface area contributed by atoms with E-state index in [0.717, 1.165) is 17.2 Å². The van der Waals surface area contributed by atoms with Gasteiger partial charge < -0.3 is 5.32 Å². The van der Waals surface area contributed by atoms with Crippen LogP contribution in [0.1, 0.15) is 0 Å². The van der Waals surface area contributed by atoms with Crippen molar-refractivity contribution < 1.29 is 0 Å². The fourth-order valence-corrected chi connectivity index (χ4v) is 1.62. The van der Waals surface area contributed by atoms with E-state index in [4.69, 9.17) is 0 Å². The SMILES string of the molecule is CNc1nsnc1-c1ccn(C)n1. The Labute approximate surface area is 79.7 Å². The van der Waals surface area contributed by atoms with E-state index < -0.39 is 0 Å². The zero-order valence-electron chi connectivity index (χ0n) is 7.35. The van der Waals surface area contributed by atoms with Gasteiger partial charge in [0.15, 0.2) is 5.82 Å². The maximum Gasteiger partial charge on any atom is 0.169 e. The monoisotopic (exact) mass is 195 g/mol. The molecular weight excluding hydrogens is 186 g/mol. The van der Waals surface area contributed by atoms with E-state index in [2.05, 4.69) is 19.2 Å². The third-order valence-corrected chi connectivity index (χ3v) is 2.21. The summed E-state index contributed by atoms with van der Waals surface area (Å²) in [6, 6.07) is 1.91. The third kappa shape index (κ3) is 1.40. The van der Waals surface area contributed by atoms with Crippen LogP contribution in [0.5, 0.6) is 0 Å². The minimum absolute atomic E-state index is 0.781. The van der Waals surface area contributed by atoms with Crippen molar-refractivity contribution in [3.05, 3.63) is 12.3 Å². The molecule has 0 aliphatic heterocycles. The molecule has 0 aliphatic carbocycles. The summed E-state index contributed by atoms with van der Waals surface area (Å²) in [6.07, 6.45) is 1.88. The van der Waals surface area contributed by atoms with Crippen LogP contribution in [-0.2, 0) is 7.05 Å². The molecule has 2 heterocycles. The van der Waals surface area contributed by atoms with Crippen molar-refractivity contribution >= 4 is 17.5 Å². The summed E-state index contributed by atoms with van der Waals surface area (Å²) >= 11 is 1.18. The third-order valence-electron chi connectivity index (χ3n) is 1.68. The van der Waals surface area contributed by atoms with E-state index in [9.17, 15) is 0 Å². The van der Waals surface area contributed by atoms with Crippen LogP contribution in [0.3, 0.4) is 0 Å². The van der Waals surface area contributed by atoms with Crippen molar-refractivity contribution in [2.75, 3.05) is 12.4 Å². The van der Waals surface area contributed by atoms with Crippen LogP contribution in [0.25, 0.3) is 11.4 Å². The molecule has 0 fully saturated rings. The molecular formula is C7H9N5S. The lowest BCUT2D eigenvalue weighted by Gasteiger charge is -1.94. The highest BCUT2D eigenvalue weighted by Crippen LogP contribution is 2.22. The van der Waals surface area contributed by atoms with Crippen molar-refractivity contribution in [3.63, 3.8) is 0 Å². The summed E-state index contributed by atoms with van der Waals surface area (Å²) in [5.74, 6) is 0.781. The summed E-state index contributed by atoms with van der Waals surface area (Å²) in [5.41, 5.74) is 1.66. The number of hydrogen-bond acceptors (Lipinski definition) is 5. The van der Waals surface area contributed by atoms with Crippen LogP contribution in [0.15, 0.2) is 12.3 Å². The predicted molar refractivity (Wildman–Crippen MR) is 51.7 cm³/mol. The highest BCUT2D eigenvalue weighted by atomic mass is 32.1. The number of nitrogens with one attached hydrogen (secondary N) is 1. The number of rotatable bonds is 2. The molecule has 6 heteroatoms. The zero-order chi connectivity index (χ0) is 9.26. The number of nitrogens with zero attached hydrogens (tertiary/aromatic N) is 4. The van der Waals surface area contributed by atoms with E-state index in [1.54, 1.807) is 4.68 Å². The van der Waals surface area contributed by atoms with E-state index in [1.165, 1.54) is 11.7 Å². The summed E-state index contributed by atoms with van der Waals surface area (Å²) in [5, 5.41) is 7.21. The summed E-state index contributed by atoms with van der Waals surface area (Å²) in [6.45, 7) is 0. The maximum atomic E-state index is 4.24. The van der Waals surface area contributed by atoms with Gasteiger partial charge in [-0.2, -0.15) is 13.8 Å². The Morgan fingerprint density at radius 2 is 2.31 bits per heavy atom. The smallest absolute Gasteiger partial charge is 0.169 e. The standard InChI is InChI=1S/C7H9N5S/c1-8-7-6(10-13-11-7)5-3-4-12(2)9-5/h3-4H,1-2H3,(H,8,11). The quantitative estimate of drug-likeness (QED) is 0.776. The Balaban J connectivity index is 2.45. The van der Waals surface area contributed by atoms with Gasteiger partial charge in [0.25, 0.3) is 0 Å². The van der Waals surface area contributed by atoms with Gasteiger partial charge in [-0.15, -0.1) is 0 Å². The minimum atomic E-state index is 0.781. The molecule has 0 spiro atoms. The molecule has 13 heavy (non-hydrogen) atoms. The molecule has 68 valence electrons. The molecule has 0 unspecified atom stereocenters. The molecule has 0 aliphatic rings. The number of aromatic nitrogens is 4. The lowest BCUT2D eigenvalue weighted by atomic mass is 10.3. The zero-order valence-corrected chi connectivity index (χ0v) is 8.17. The van der Waals surface area contributed by atoms with Gasteiger partial charge in [-0.05, 0) is 6.07 Å². The lowest BCUT2D eigenvalue weighted by Crippen LogP contribution is -1.92. The Hall–Kier alpha value is -1.43. The minimum Gasteiger partial charge on any atom is -0.370 e. The van der Waals surface area contributed by atoms with Crippen LogP contribution in [-0.4, -0.2) is 25.6 Å². The van der Waals surface area contributed by atoms with Crippen molar-refractivity contribution in [1.82, 2.24) is 18.5 Å². The molecule has 0 saturated carbocycles. The van der Waals surface area contributed by atoms with Gasteiger partial charge in [-0.25, -0.2) is 0 Å². The first-order valence-corrected chi connectivity index (χ1v) is 4.54. The first-order chi connectivity index (χ1) is 6.31. The molecule has 0 atom stereocenters. The topological polar surface area (TPSA) is 55.6 Å². The number of aryl methyl sites for hydroxylation is 1. The average Bonchev–Trinajstić information content (AvgIpc) is 2.71. The van der Waals surface area contributed by atoms with E-state index >= 15 is 0 Å². The highest BCUT2D eigenvalue weighted by molar-refractivity contribution is 6.99. The van der Waals surface area contributed by atoms with Gasteiger partial charge in [0.2, 0.25) is 0 Å². The Morgan fingerprint density at radius 1 is 1.46 bits per heavy atom. The fourth-order valence-electron chi connectivity index (χ4n) is 1.06. The van der Waals surface area contributed by atoms with E-state index in [0.29, 0.717) is 0 Å². The largest absolute Gasteiger partial charge is 0.370 e. The van der Waals surface area contributed by atoms with Crippen LogP contribution in [0.2, 0.25) is 0 Å². The van der Waals surface area contributed by atoms with Gasteiger partial charge in [0.1, 0.15) is 11.4 Å². The molecule has 0 saturated heterocycles. The second-order valence-corrected chi connectivity index (χ2v) is 3.11. The van der Waals surface area contributed by atoms with Gasteiger partial charge in [0.05, 0.1) is 11.7 Å². The Kier molecular flexibility index (Phi) is 1.97. The Bertz CT molecular complexity index is 404. The van der Waals surface area contributed by atoms with Gasteiger partial charge in [-0.3, -0.25) is 4.68 Å². The lowest BCUT2D eigenvalue weighted by molar-refractivity contribution is 0.770. The summed E-state index contributed by atoms with van der Waals surface area (Å²) in [4.78, 5) is 0. The fraction of sp³-hybridized carbons (Fsp3) is 0.286. The van der Waals surface area contributed by atoms with Gasteiger partial charge in [0, 0.05) is 20.3 Å². The molecule has 2 aromatic heterocycles. The number of anilines is 1. The molecule has 0 radical (unpaired) electrons. The first-order valence-electron chi connectivity index (χ1n) is 3.81. The molecule has 2 rings (SSSR count). The normalized spacial score (nSPS) is 10.3. The van der Waals surface area contributed by atoms with Gasteiger partial charge in [-0.1, -0.05) is 0 Å². The van der Waals surface area contributed by atoms with Crippen molar-refractivity contribution in [2.45, 2.75) is 0 Å². The highest BCUT2D eigenvalue weighted by Gasteiger charge is 2.10. The van der Waals surface area contributed by atoms with Crippen LogP contribution in [0.4, 0.5) is 5.82 Å². The second kappa shape index (κ2) is 3.14. The average molecular weight is 195 g/mol. The summed E-state index contributed by atoms with van der Waals surface area (Å²) in [7, 11) is 3.70. The molecule has 0 bridgehead atoms. The summed E-state index contributed by atoms with van der Waals surface area (Å²) < 4.78 is 10.00. The number of hydrogen-bond donors (Lipinski definition) is 1. The van der Waals surface area contributed by atoms with E-state index in [1.807, 2.05) is 26.4 Å². The second-order valence-electron chi connectivity index (χ2n) is 2.59. The Morgan fingerprint density at radius 3 is 2.92 bits per heavy atom. The molecule has 5 nitrogen and oxygen atoms in total. The molecule has 0 aromatic carbocycles. The maximum absolute atomic E-state index is 4.24. The molecule has 0 amide bonds.